The van der Waals surface area contributed by atoms with Gasteiger partial charge in [0.1, 0.15) is 11.8 Å². The molecular weight excluding hydrogens is 278 g/mol. The topological polar surface area (TPSA) is 87.4 Å². The third-order valence-electron chi connectivity index (χ3n) is 3.70. The van der Waals surface area contributed by atoms with Crippen LogP contribution >= 0.6 is 0 Å². The van der Waals surface area contributed by atoms with E-state index in [2.05, 4.69) is 38.8 Å². The van der Waals surface area contributed by atoms with Gasteiger partial charge in [-0.1, -0.05) is 11.8 Å². The van der Waals surface area contributed by atoms with Crippen LogP contribution in [-0.4, -0.2) is 29.3 Å². The van der Waals surface area contributed by atoms with Gasteiger partial charge in [0.05, 0.1) is 17.3 Å². The first-order valence-electron chi connectivity index (χ1n) is 7.29. The minimum Gasteiger partial charge on any atom is -0.368 e. The van der Waals surface area contributed by atoms with E-state index in [0.29, 0.717) is 17.8 Å². The van der Waals surface area contributed by atoms with E-state index in [1.54, 1.807) is 12.4 Å². The maximum Gasteiger partial charge on any atom is 0.235 e. The molecule has 0 bridgehead atoms. The lowest BCUT2D eigenvalue weighted by atomic mass is 10.2. The van der Waals surface area contributed by atoms with Crippen molar-refractivity contribution in [2.75, 3.05) is 5.73 Å². The van der Waals surface area contributed by atoms with Gasteiger partial charge in [0.15, 0.2) is 0 Å². The van der Waals surface area contributed by atoms with E-state index in [0.717, 1.165) is 23.1 Å². The first kappa shape index (κ1) is 12.8. The monoisotopic (exact) mass is 293 g/mol. The van der Waals surface area contributed by atoms with Gasteiger partial charge in [-0.2, -0.15) is 14.8 Å². The molecule has 3 aromatic heterocycles. The molecule has 7 nitrogen and oxygen atoms in total. The van der Waals surface area contributed by atoms with E-state index in [4.69, 9.17) is 5.73 Å². The number of nitrogens with zero attached hydrogens (tertiary/aromatic N) is 6. The van der Waals surface area contributed by atoms with Crippen molar-refractivity contribution in [2.24, 2.45) is 5.92 Å². The van der Waals surface area contributed by atoms with Gasteiger partial charge in [0.25, 0.3) is 0 Å². The number of hydrogen-bond donors (Lipinski definition) is 1. The van der Waals surface area contributed by atoms with E-state index in [1.165, 1.54) is 23.9 Å². The zero-order chi connectivity index (χ0) is 15.1. The van der Waals surface area contributed by atoms with Gasteiger partial charge in [-0.15, -0.1) is 0 Å². The summed E-state index contributed by atoms with van der Waals surface area (Å²) in [5, 5.41) is 4.14. The summed E-state index contributed by atoms with van der Waals surface area (Å²) in [6.45, 7) is 2.78. The fourth-order valence-corrected chi connectivity index (χ4v) is 2.44. The highest BCUT2D eigenvalue weighted by molar-refractivity contribution is 5.82. The van der Waals surface area contributed by atoms with Gasteiger partial charge in [-0.05, 0) is 19.8 Å². The number of aromatic nitrogens is 6. The van der Waals surface area contributed by atoms with E-state index < -0.39 is 0 Å². The van der Waals surface area contributed by atoms with E-state index in [-0.39, 0.29) is 0 Å². The van der Waals surface area contributed by atoms with Crippen LogP contribution < -0.4 is 5.73 Å². The van der Waals surface area contributed by atoms with Gasteiger partial charge in [0, 0.05) is 18.7 Å². The van der Waals surface area contributed by atoms with E-state index in [9.17, 15) is 0 Å². The number of hydrogen-bond acceptors (Lipinski definition) is 5. The van der Waals surface area contributed by atoms with Crippen molar-refractivity contribution in [3.8, 4) is 17.8 Å². The number of rotatable bonds is 2. The smallest absolute Gasteiger partial charge is 0.235 e. The molecule has 3 aromatic rings. The standard InChI is InChI=1S/C15H15N7/c1-2-21-13-11(6-5-10-3-4-10)7-17-8-12(13)20-15(21)22-14(16)18-9-19-22/h7-10H,2-4H2,1H3,(H2,16,18,19). The Morgan fingerprint density at radius 1 is 1.36 bits per heavy atom. The summed E-state index contributed by atoms with van der Waals surface area (Å²) in [5.74, 6) is 8.01. The van der Waals surface area contributed by atoms with Crippen LogP contribution in [0, 0.1) is 17.8 Å². The molecular formula is C15H15N7. The van der Waals surface area contributed by atoms with Crippen LogP contribution in [0.15, 0.2) is 18.7 Å². The van der Waals surface area contributed by atoms with Crippen molar-refractivity contribution in [3.05, 3.63) is 24.3 Å². The molecule has 1 fully saturated rings. The molecule has 110 valence electrons. The molecule has 1 saturated carbocycles. The van der Waals surface area contributed by atoms with E-state index >= 15 is 0 Å². The van der Waals surface area contributed by atoms with Crippen LogP contribution in [0.3, 0.4) is 0 Å². The normalized spacial score (nSPS) is 14.0. The van der Waals surface area contributed by atoms with Crippen molar-refractivity contribution in [1.29, 1.82) is 0 Å². The highest BCUT2D eigenvalue weighted by atomic mass is 15.4. The Labute approximate surface area is 127 Å². The van der Waals surface area contributed by atoms with Crippen LogP contribution in [-0.2, 0) is 6.54 Å². The number of fused-ring (bicyclic) bond motifs is 1. The fourth-order valence-electron chi connectivity index (χ4n) is 2.44. The van der Waals surface area contributed by atoms with Crippen LogP contribution in [0.4, 0.5) is 5.95 Å². The molecule has 0 radical (unpaired) electrons. The molecule has 2 N–H and O–H groups in total. The third-order valence-corrected chi connectivity index (χ3v) is 3.70. The molecule has 1 aliphatic rings. The van der Waals surface area contributed by atoms with Gasteiger partial charge < -0.3 is 10.3 Å². The Hall–Kier alpha value is -2.88. The first-order chi connectivity index (χ1) is 10.8. The molecule has 0 amide bonds. The van der Waals surface area contributed by atoms with Gasteiger partial charge in [0.2, 0.25) is 11.9 Å². The molecule has 4 rings (SSSR count). The van der Waals surface area contributed by atoms with Crippen LogP contribution in [0.5, 0.6) is 0 Å². The molecule has 0 atom stereocenters. The molecule has 0 aliphatic heterocycles. The summed E-state index contributed by atoms with van der Waals surface area (Å²) < 4.78 is 3.57. The third kappa shape index (κ3) is 2.00. The Morgan fingerprint density at radius 2 is 2.23 bits per heavy atom. The SMILES string of the molecule is CCn1c(-n2ncnc2N)nc2cncc(C#CC3CC3)c21. The van der Waals surface area contributed by atoms with Crippen LogP contribution in [0.2, 0.25) is 0 Å². The molecule has 1 aliphatic carbocycles. The zero-order valence-corrected chi connectivity index (χ0v) is 12.2. The summed E-state index contributed by atoms with van der Waals surface area (Å²) in [6, 6.07) is 0. The van der Waals surface area contributed by atoms with Gasteiger partial charge in [-0.25, -0.2) is 4.98 Å². The quantitative estimate of drug-likeness (QED) is 0.721. The van der Waals surface area contributed by atoms with Gasteiger partial charge in [-0.3, -0.25) is 4.98 Å². The predicted octanol–water partition coefficient (Wildman–Crippen LogP) is 1.38. The Morgan fingerprint density at radius 3 is 2.91 bits per heavy atom. The lowest BCUT2D eigenvalue weighted by Gasteiger charge is -2.06. The highest BCUT2D eigenvalue weighted by Gasteiger charge is 2.19. The van der Waals surface area contributed by atoms with Crippen molar-refractivity contribution in [2.45, 2.75) is 26.3 Å². The maximum absolute atomic E-state index is 5.86. The molecule has 0 aromatic carbocycles. The number of imidazole rings is 1. The van der Waals surface area contributed by atoms with Crippen molar-refractivity contribution >= 4 is 17.0 Å². The number of nitrogen functional groups attached to an aromatic ring is 1. The summed E-state index contributed by atoms with van der Waals surface area (Å²) in [6.07, 6.45) is 7.34. The second kappa shape index (κ2) is 4.84. The lowest BCUT2D eigenvalue weighted by molar-refractivity contribution is 0.705. The number of nitrogens with two attached hydrogens (primary N) is 1. The van der Waals surface area contributed by atoms with Crippen LogP contribution in [0.25, 0.3) is 17.0 Å². The Bertz CT molecular complexity index is 905. The Balaban J connectivity index is 1.95. The lowest BCUT2D eigenvalue weighted by Crippen LogP contribution is -2.10. The van der Waals surface area contributed by atoms with E-state index in [1.807, 2.05) is 4.57 Å². The average Bonchev–Trinajstić information content (AvgIpc) is 3.14. The fraction of sp³-hybridized carbons (Fsp3) is 0.333. The minimum absolute atomic E-state index is 0.309. The van der Waals surface area contributed by atoms with Crippen LogP contribution in [0.1, 0.15) is 25.3 Å². The first-order valence-corrected chi connectivity index (χ1v) is 7.29. The largest absolute Gasteiger partial charge is 0.368 e. The molecule has 0 saturated heterocycles. The van der Waals surface area contributed by atoms with Crippen molar-refractivity contribution in [3.63, 3.8) is 0 Å². The second-order valence-corrected chi connectivity index (χ2v) is 5.28. The molecule has 0 unspecified atom stereocenters. The number of pyridine rings is 1. The minimum atomic E-state index is 0.309. The van der Waals surface area contributed by atoms with Crippen molar-refractivity contribution < 1.29 is 0 Å². The summed E-state index contributed by atoms with van der Waals surface area (Å²) >= 11 is 0. The second-order valence-electron chi connectivity index (χ2n) is 5.28. The Kier molecular flexibility index (Phi) is 2.82. The van der Waals surface area contributed by atoms with Gasteiger partial charge >= 0.3 is 0 Å². The molecule has 7 heteroatoms. The molecule has 3 heterocycles. The highest BCUT2D eigenvalue weighted by Crippen LogP contribution is 2.28. The zero-order valence-electron chi connectivity index (χ0n) is 12.2. The average molecular weight is 293 g/mol. The summed E-state index contributed by atoms with van der Waals surface area (Å²) in [4.78, 5) is 12.8. The van der Waals surface area contributed by atoms with Crippen molar-refractivity contribution in [1.82, 2.24) is 29.3 Å². The number of anilines is 1. The molecule has 22 heavy (non-hydrogen) atoms. The maximum atomic E-state index is 5.86. The summed E-state index contributed by atoms with van der Waals surface area (Å²) in [5.41, 5.74) is 8.50. The molecule has 0 spiro atoms. The summed E-state index contributed by atoms with van der Waals surface area (Å²) in [7, 11) is 0. The number of aryl methyl sites for hydroxylation is 1. The predicted molar refractivity (Wildman–Crippen MR) is 82.1 cm³/mol.